The SMILES string of the molecule is CNCC1CCCN(S(=O)(=O)Nc2ccc(Cl)c(Br)c2)C1. The molecule has 1 atom stereocenters. The van der Waals surface area contributed by atoms with Gasteiger partial charge in [0.15, 0.2) is 0 Å². The van der Waals surface area contributed by atoms with Crippen molar-refractivity contribution in [2.45, 2.75) is 12.8 Å². The average Bonchev–Trinajstić information content (AvgIpc) is 2.43. The van der Waals surface area contributed by atoms with Gasteiger partial charge >= 0.3 is 10.2 Å². The fourth-order valence-corrected chi connectivity index (χ4v) is 4.30. The highest BCUT2D eigenvalue weighted by Gasteiger charge is 2.28. The van der Waals surface area contributed by atoms with Gasteiger partial charge in [0, 0.05) is 17.6 Å². The lowest BCUT2D eigenvalue weighted by Gasteiger charge is -2.31. The minimum Gasteiger partial charge on any atom is -0.319 e. The van der Waals surface area contributed by atoms with Crippen LogP contribution in [0.2, 0.25) is 5.02 Å². The van der Waals surface area contributed by atoms with Crippen molar-refractivity contribution in [3.63, 3.8) is 0 Å². The summed E-state index contributed by atoms with van der Waals surface area (Å²) in [6.45, 7) is 1.94. The predicted molar refractivity (Wildman–Crippen MR) is 89.9 cm³/mol. The van der Waals surface area contributed by atoms with Gasteiger partial charge in [0.05, 0.1) is 10.7 Å². The smallest absolute Gasteiger partial charge is 0.301 e. The zero-order chi connectivity index (χ0) is 15.5. The Hall–Kier alpha value is -0.340. The van der Waals surface area contributed by atoms with Crippen molar-refractivity contribution in [2.24, 2.45) is 5.92 Å². The predicted octanol–water partition coefficient (Wildman–Crippen LogP) is 2.69. The Morgan fingerprint density at radius 2 is 2.24 bits per heavy atom. The van der Waals surface area contributed by atoms with Crippen LogP contribution in [0.5, 0.6) is 0 Å². The van der Waals surface area contributed by atoms with Crippen molar-refractivity contribution in [3.05, 3.63) is 27.7 Å². The van der Waals surface area contributed by atoms with Gasteiger partial charge in [-0.15, -0.1) is 0 Å². The molecule has 0 radical (unpaired) electrons. The molecule has 1 fully saturated rings. The molecule has 0 saturated carbocycles. The normalized spacial score (nSPS) is 20.4. The first-order chi connectivity index (χ1) is 9.92. The minimum atomic E-state index is -3.53. The van der Waals surface area contributed by atoms with Gasteiger partial charge in [0.25, 0.3) is 0 Å². The second-order valence-corrected chi connectivity index (χ2v) is 8.09. The van der Waals surface area contributed by atoms with E-state index in [4.69, 9.17) is 11.6 Å². The second-order valence-electron chi connectivity index (χ2n) is 5.16. The fraction of sp³-hybridized carbons (Fsp3) is 0.538. The molecule has 0 aliphatic carbocycles. The van der Waals surface area contributed by atoms with Crippen LogP contribution in [0.3, 0.4) is 0 Å². The van der Waals surface area contributed by atoms with Gasteiger partial charge in [-0.05, 0) is 66.5 Å². The van der Waals surface area contributed by atoms with Crippen molar-refractivity contribution in [3.8, 4) is 0 Å². The van der Waals surface area contributed by atoms with E-state index in [0.717, 1.165) is 19.4 Å². The highest BCUT2D eigenvalue weighted by atomic mass is 79.9. The molecule has 2 N–H and O–H groups in total. The topological polar surface area (TPSA) is 61.4 Å². The van der Waals surface area contributed by atoms with Crippen LogP contribution in [0.4, 0.5) is 5.69 Å². The van der Waals surface area contributed by atoms with E-state index in [-0.39, 0.29) is 0 Å². The van der Waals surface area contributed by atoms with Gasteiger partial charge in [-0.25, -0.2) is 0 Å². The Morgan fingerprint density at radius 3 is 2.90 bits per heavy atom. The fourth-order valence-electron chi connectivity index (χ4n) is 2.47. The standard InChI is InChI=1S/C13H19BrClN3O2S/c1-16-8-10-3-2-6-18(9-10)21(19,20)17-11-4-5-13(15)12(14)7-11/h4-5,7,10,16-17H,2-3,6,8-9H2,1H3. The van der Waals surface area contributed by atoms with E-state index in [9.17, 15) is 8.42 Å². The van der Waals surface area contributed by atoms with Crippen LogP contribution in [0.25, 0.3) is 0 Å². The molecular weight excluding hydrogens is 378 g/mol. The zero-order valence-electron chi connectivity index (χ0n) is 11.8. The molecule has 1 saturated heterocycles. The number of rotatable bonds is 5. The first-order valence-corrected chi connectivity index (χ1v) is 9.41. The van der Waals surface area contributed by atoms with Crippen LogP contribution < -0.4 is 10.0 Å². The van der Waals surface area contributed by atoms with Gasteiger partial charge in [-0.1, -0.05) is 11.6 Å². The van der Waals surface area contributed by atoms with Gasteiger partial charge in [0.2, 0.25) is 0 Å². The number of anilines is 1. The maximum atomic E-state index is 12.4. The van der Waals surface area contributed by atoms with Crippen LogP contribution in [0, 0.1) is 5.92 Å². The average molecular weight is 397 g/mol. The Labute approximate surface area is 139 Å². The summed E-state index contributed by atoms with van der Waals surface area (Å²) in [6, 6.07) is 4.97. The molecule has 1 aliphatic heterocycles. The molecule has 1 heterocycles. The van der Waals surface area contributed by atoms with Gasteiger partial charge in [0.1, 0.15) is 0 Å². The number of halogens is 2. The van der Waals surface area contributed by atoms with Crippen molar-refractivity contribution in [1.29, 1.82) is 0 Å². The molecule has 2 rings (SSSR count). The lowest BCUT2D eigenvalue weighted by Crippen LogP contribution is -2.44. The van der Waals surface area contributed by atoms with Crippen molar-refractivity contribution in [1.82, 2.24) is 9.62 Å². The number of hydrogen-bond donors (Lipinski definition) is 2. The molecule has 1 aromatic carbocycles. The Balaban J connectivity index is 2.08. The largest absolute Gasteiger partial charge is 0.319 e. The highest BCUT2D eigenvalue weighted by molar-refractivity contribution is 9.10. The summed E-state index contributed by atoms with van der Waals surface area (Å²) in [6.07, 6.45) is 1.94. The number of benzene rings is 1. The molecule has 118 valence electrons. The van der Waals surface area contributed by atoms with Crippen molar-refractivity contribution < 1.29 is 8.42 Å². The van der Waals surface area contributed by atoms with Crippen LogP contribution >= 0.6 is 27.5 Å². The summed E-state index contributed by atoms with van der Waals surface area (Å²) in [5.74, 6) is 0.359. The maximum absolute atomic E-state index is 12.4. The molecule has 1 aromatic rings. The van der Waals surface area contributed by atoms with Crippen molar-refractivity contribution >= 4 is 43.4 Å². The van der Waals surface area contributed by atoms with Crippen LogP contribution in [0.15, 0.2) is 22.7 Å². The monoisotopic (exact) mass is 395 g/mol. The molecule has 1 aliphatic rings. The highest BCUT2D eigenvalue weighted by Crippen LogP contribution is 2.27. The third kappa shape index (κ3) is 4.56. The third-order valence-corrected chi connectivity index (χ3v) is 6.20. The van der Waals surface area contributed by atoms with Crippen LogP contribution in [-0.4, -0.2) is 39.4 Å². The molecule has 0 spiro atoms. The summed E-state index contributed by atoms with van der Waals surface area (Å²) >= 11 is 9.20. The molecule has 8 heteroatoms. The van der Waals surface area contributed by atoms with E-state index in [0.29, 0.717) is 34.2 Å². The first kappa shape index (κ1) is 17.0. The number of nitrogens with one attached hydrogen (secondary N) is 2. The van der Waals surface area contributed by atoms with Crippen molar-refractivity contribution in [2.75, 3.05) is 31.4 Å². The second kappa shape index (κ2) is 7.28. The zero-order valence-corrected chi connectivity index (χ0v) is 14.9. The third-order valence-electron chi connectivity index (χ3n) is 3.48. The van der Waals surface area contributed by atoms with E-state index in [2.05, 4.69) is 26.0 Å². The van der Waals surface area contributed by atoms with Gasteiger partial charge in [-0.3, -0.25) is 4.72 Å². The van der Waals surface area contributed by atoms with Crippen LogP contribution in [0.1, 0.15) is 12.8 Å². The molecule has 1 unspecified atom stereocenters. The molecule has 0 bridgehead atoms. The van der Waals surface area contributed by atoms with E-state index in [1.165, 1.54) is 4.31 Å². The Morgan fingerprint density at radius 1 is 1.48 bits per heavy atom. The molecule has 0 aromatic heterocycles. The summed E-state index contributed by atoms with van der Waals surface area (Å²) in [7, 11) is -1.64. The van der Waals surface area contributed by atoms with Crippen LogP contribution in [-0.2, 0) is 10.2 Å². The Kier molecular flexibility index (Phi) is 5.90. The quantitative estimate of drug-likeness (QED) is 0.804. The maximum Gasteiger partial charge on any atom is 0.301 e. The summed E-state index contributed by atoms with van der Waals surface area (Å²) < 4.78 is 29.7. The van der Waals surface area contributed by atoms with Gasteiger partial charge in [-0.2, -0.15) is 12.7 Å². The minimum absolute atomic E-state index is 0.359. The molecular formula is C13H19BrClN3O2S. The van der Waals surface area contributed by atoms with E-state index < -0.39 is 10.2 Å². The molecule has 21 heavy (non-hydrogen) atoms. The molecule has 5 nitrogen and oxygen atoms in total. The van der Waals surface area contributed by atoms with E-state index in [1.807, 2.05) is 7.05 Å². The summed E-state index contributed by atoms with van der Waals surface area (Å²) in [4.78, 5) is 0. The number of hydrogen-bond acceptors (Lipinski definition) is 3. The Bertz CT molecular complexity index is 595. The molecule has 0 amide bonds. The first-order valence-electron chi connectivity index (χ1n) is 6.80. The number of piperidine rings is 1. The van der Waals surface area contributed by atoms with E-state index in [1.54, 1.807) is 18.2 Å². The van der Waals surface area contributed by atoms with Gasteiger partial charge < -0.3 is 5.32 Å². The van der Waals surface area contributed by atoms with E-state index >= 15 is 0 Å². The lowest BCUT2D eigenvalue weighted by atomic mass is 10.00. The summed E-state index contributed by atoms with van der Waals surface area (Å²) in [5.41, 5.74) is 0.502. The summed E-state index contributed by atoms with van der Waals surface area (Å²) in [5, 5.41) is 3.66. The number of nitrogens with zero attached hydrogens (tertiary/aromatic N) is 1. The lowest BCUT2D eigenvalue weighted by molar-refractivity contribution is 0.264.